The van der Waals surface area contributed by atoms with Gasteiger partial charge in [-0.1, -0.05) is 32.0 Å². The van der Waals surface area contributed by atoms with Crippen LogP contribution in [-0.4, -0.2) is 40.7 Å². The summed E-state index contributed by atoms with van der Waals surface area (Å²) in [6, 6.07) is 6.21. The van der Waals surface area contributed by atoms with E-state index in [1.807, 2.05) is 0 Å². The Labute approximate surface area is 140 Å². The van der Waals surface area contributed by atoms with Gasteiger partial charge in [-0.15, -0.1) is 0 Å². The number of thioether (sulfide) groups is 1. The van der Waals surface area contributed by atoms with Gasteiger partial charge in [-0.2, -0.15) is 0 Å². The maximum absolute atomic E-state index is 13.7. The van der Waals surface area contributed by atoms with Gasteiger partial charge in [-0.25, -0.2) is 4.39 Å². The smallest absolute Gasteiger partial charge is 0.286 e. The lowest BCUT2D eigenvalue weighted by molar-refractivity contribution is -0.124. The van der Waals surface area contributed by atoms with Crippen LogP contribution in [0.5, 0.6) is 0 Å². The Balaban J connectivity index is 2.15. The third kappa shape index (κ3) is 4.42. The monoisotopic (exact) mass is 336 g/mol. The number of nitrogens with zero attached hydrogens (tertiary/aromatic N) is 2. The molecule has 0 atom stereocenters. The highest BCUT2D eigenvalue weighted by molar-refractivity contribution is 8.18. The maximum Gasteiger partial charge on any atom is 0.294 e. The van der Waals surface area contributed by atoms with Gasteiger partial charge in [-0.05, 0) is 49.8 Å². The van der Waals surface area contributed by atoms with E-state index in [1.54, 1.807) is 18.2 Å². The SMILES string of the molecule is CCCN(CCC)CN1C(=O)S/C(=C/c2ccccc2F)C1=O. The molecular formula is C17H21FN2O2S. The summed E-state index contributed by atoms with van der Waals surface area (Å²) in [7, 11) is 0. The van der Waals surface area contributed by atoms with Crippen molar-refractivity contribution in [2.75, 3.05) is 19.8 Å². The van der Waals surface area contributed by atoms with E-state index in [-0.39, 0.29) is 16.1 Å². The van der Waals surface area contributed by atoms with Gasteiger partial charge in [0.15, 0.2) is 0 Å². The van der Waals surface area contributed by atoms with Gasteiger partial charge < -0.3 is 0 Å². The summed E-state index contributed by atoms with van der Waals surface area (Å²) in [5.74, 6) is -0.752. The molecule has 23 heavy (non-hydrogen) atoms. The van der Waals surface area contributed by atoms with Gasteiger partial charge in [0.05, 0.1) is 11.6 Å². The molecule has 1 saturated heterocycles. The van der Waals surface area contributed by atoms with Crippen molar-refractivity contribution in [2.24, 2.45) is 0 Å². The van der Waals surface area contributed by atoms with Gasteiger partial charge in [0.2, 0.25) is 0 Å². The molecule has 0 bridgehead atoms. The van der Waals surface area contributed by atoms with E-state index in [0.717, 1.165) is 37.7 Å². The van der Waals surface area contributed by atoms with Crippen molar-refractivity contribution in [3.8, 4) is 0 Å². The molecule has 124 valence electrons. The quantitative estimate of drug-likeness (QED) is 0.707. The second-order valence-electron chi connectivity index (χ2n) is 5.39. The molecule has 0 spiro atoms. The predicted octanol–water partition coefficient (Wildman–Crippen LogP) is 3.94. The third-order valence-corrected chi connectivity index (χ3v) is 4.39. The van der Waals surface area contributed by atoms with Crippen molar-refractivity contribution in [3.63, 3.8) is 0 Å². The predicted molar refractivity (Wildman–Crippen MR) is 91.2 cm³/mol. The fourth-order valence-corrected chi connectivity index (χ4v) is 3.26. The van der Waals surface area contributed by atoms with Crippen LogP contribution >= 0.6 is 11.8 Å². The highest BCUT2D eigenvalue weighted by Crippen LogP contribution is 2.32. The number of carbonyl (C=O) groups excluding carboxylic acids is 2. The van der Waals surface area contributed by atoms with Crippen LogP contribution in [0.1, 0.15) is 32.3 Å². The minimum Gasteiger partial charge on any atom is -0.286 e. The molecule has 2 amide bonds. The summed E-state index contributed by atoms with van der Waals surface area (Å²) < 4.78 is 13.7. The molecule has 0 aromatic heterocycles. The average molecular weight is 336 g/mol. The van der Waals surface area contributed by atoms with Crippen molar-refractivity contribution in [1.82, 2.24) is 9.80 Å². The first kappa shape index (κ1) is 17.7. The van der Waals surface area contributed by atoms with E-state index in [2.05, 4.69) is 18.7 Å². The summed E-state index contributed by atoms with van der Waals surface area (Å²) in [4.78, 5) is 28.2. The van der Waals surface area contributed by atoms with E-state index < -0.39 is 5.82 Å². The molecule has 6 heteroatoms. The zero-order chi connectivity index (χ0) is 16.8. The Morgan fingerprint density at radius 2 is 1.83 bits per heavy atom. The number of imide groups is 1. The van der Waals surface area contributed by atoms with Crippen LogP contribution in [0.3, 0.4) is 0 Å². The van der Waals surface area contributed by atoms with E-state index in [1.165, 1.54) is 17.0 Å². The Morgan fingerprint density at radius 1 is 1.17 bits per heavy atom. The lowest BCUT2D eigenvalue weighted by atomic mass is 10.2. The minimum absolute atomic E-state index is 0.271. The number of hydrogen-bond donors (Lipinski definition) is 0. The molecule has 1 aromatic rings. The van der Waals surface area contributed by atoms with Crippen LogP contribution in [0, 0.1) is 5.82 Å². The van der Waals surface area contributed by atoms with Crippen LogP contribution in [0.25, 0.3) is 6.08 Å². The molecule has 1 aliphatic heterocycles. The van der Waals surface area contributed by atoms with Crippen LogP contribution < -0.4 is 0 Å². The maximum atomic E-state index is 13.7. The molecule has 4 nitrogen and oxygen atoms in total. The topological polar surface area (TPSA) is 40.6 Å². The Morgan fingerprint density at radius 3 is 2.43 bits per heavy atom. The second-order valence-corrected chi connectivity index (χ2v) is 6.38. The van der Waals surface area contributed by atoms with Gasteiger partial charge in [0, 0.05) is 5.56 Å². The molecule has 1 fully saturated rings. The summed E-state index contributed by atoms with van der Waals surface area (Å²) in [6.45, 7) is 6.09. The number of rotatable bonds is 7. The summed E-state index contributed by atoms with van der Waals surface area (Å²) in [5.41, 5.74) is 0.317. The normalized spacial score (nSPS) is 16.9. The Bertz CT molecular complexity index is 612. The number of amides is 2. The van der Waals surface area contributed by atoms with E-state index >= 15 is 0 Å². The third-order valence-electron chi connectivity index (χ3n) is 3.49. The molecule has 1 aliphatic rings. The van der Waals surface area contributed by atoms with E-state index in [4.69, 9.17) is 0 Å². The standard InChI is InChI=1S/C17H21FN2O2S/c1-3-9-19(10-4-2)12-20-16(21)15(23-17(20)22)11-13-7-5-6-8-14(13)18/h5-8,11H,3-4,9-10,12H2,1-2H3/b15-11+. The zero-order valence-corrected chi connectivity index (χ0v) is 14.2. The number of hydrogen-bond acceptors (Lipinski definition) is 4. The molecule has 0 unspecified atom stereocenters. The molecule has 0 radical (unpaired) electrons. The first-order chi connectivity index (χ1) is 11.1. The molecule has 0 N–H and O–H groups in total. The summed E-state index contributed by atoms with van der Waals surface area (Å²) in [6.07, 6.45) is 3.37. The van der Waals surface area contributed by atoms with Gasteiger partial charge in [-0.3, -0.25) is 19.4 Å². The summed E-state index contributed by atoms with van der Waals surface area (Å²) >= 11 is 0.869. The first-order valence-electron chi connectivity index (χ1n) is 7.79. The Hall–Kier alpha value is -1.66. The van der Waals surface area contributed by atoms with Crippen molar-refractivity contribution in [3.05, 3.63) is 40.6 Å². The largest absolute Gasteiger partial charge is 0.294 e. The van der Waals surface area contributed by atoms with Crippen LogP contribution in [0.2, 0.25) is 0 Å². The fourth-order valence-electron chi connectivity index (χ4n) is 2.44. The number of carbonyl (C=O) groups is 2. The molecule has 0 aliphatic carbocycles. The molecular weight excluding hydrogens is 315 g/mol. The van der Waals surface area contributed by atoms with E-state index in [9.17, 15) is 14.0 Å². The highest BCUT2D eigenvalue weighted by Gasteiger charge is 2.35. The van der Waals surface area contributed by atoms with E-state index in [0.29, 0.717) is 12.2 Å². The number of benzene rings is 1. The van der Waals surface area contributed by atoms with Gasteiger partial charge in [0.25, 0.3) is 11.1 Å². The minimum atomic E-state index is -0.405. The van der Waals surface area contributed by atoms with Crippen molar-refractivity contribution >= 4 is 29.0 Å². The van der Waals surface area contributed by atoms with Gasteiger partial charge >= 0.3 is 0 Å². The first-order valence-corrected chi connectivity index (χ1v) is 8.60. The zero-order valence-electron chi connectivity index (χ0n) is 13.4. The lowest BCUT2D eigenvalue weighted by Gasteiger charge is -2.25. The Kier molecular flexibility index (Phi) is 6.36. The molecule has 2 rings (SSSR count). The summed E-state index contributed by atoms with van der Waals surface area (Å²) in [5, 5.41) is -0.296. The molecule has 0 saturated carbocycles. The molecule has 1 heterocycles. The number of halogens is 1. The second kappa shape index (κ2) is 8.26. The van der Waals surface area contributed by atoms with Crippen molar-refractivity contribution in [1.29, 1.82) is 0 Å². The van der Waals surface area contributed by atoms with Crippen molar-refractivity contribution < 1.29 is 14.0 Å². The van der Waals surface area contributed by atoms with Crippen molar-refractivity contribution in [2.45, 2.75) is 26.7 Å². The fraction of sp³-hybridized carbons (Fsp3) is 0.412. The average Bonchev–Trinajstić information content (AvgIpc) is 2.78. The molecule has 1 aromatic carbocycles. The van der Waals surface area contributed by atoms with Crippen LogP contribution in [0.15, 0.2) is 29.2 Å². The van der Waals surface area contributed by atoms with Gasteiger partial charge in [0.1, 0.15) is 5.82 Å². The lowest BCUT2D eigenvalue weighted by Crippen LogP contribution is -2.41. The van der Waals surface area contributed by atoms with Crippen LogP contribution in [0.4, 0.5) is 9.18 Å². The van der Waals surface area contributed by atoms with Crippen LogP contribution in [-0.2, 0) is 4.79 Å². The highest BCUT2D eigenvalue weighted by atomic mass is 32.2.